The number of anilines is 2. The first-order valence-electron chi connectivity index (χ1n) is 11.4. The Bertz CT molecular complexity index is 1450. The Hall–Kier alpha value is -4.14. The third-order valence-corrected chi connectivity index (χ3v) is 6.15. The predicted octanol–water partition coefficient (Wildman–Crippen LogP) is 4.94. The number of hydrogen-bond donors (Lipinski definition) is 3. The first-order valence-corrected chi connectivity index (χ1v) is 11.4. The predicted molar refractivity (Wildman–Crippen MR) is 132 cm³/mol. The maximum absolute atomic E-state index is 14.5. The number of para-hydroxylation sites is 1. The van der Waals surface area contributed by atoms with Gasteiger partial charge in [0.1, 0.15) is 5.52 Å². The van der Waals surface area contributed by atoms with Crippen molar-refractivity contribution in [3.05, 3.63) is 59.7 Å². The summed E-state index contributed by atoms with van der Waals surface area (Å²) < 4.78 is 25.4. The number of benzene rings is 1. The van der Waals surface area contributed by atoms with Crippen molar-refractivity contribution in [2.75, 3.05) is 25.6 Å². The van der Waals surface area contributed by atoms with E-state index >= 15 is 0 Å². The van der Waals surface area contributed by atoms with Crippen molar-refractivity contribution in [1.29, 1.82) is 0 Å². The molecule has 1 aliphatic heterocycles. The van der Waals surface area contributed by atoms with Crippen molar-refractivity contribution in [1.82, 2.24) is 20.3 Å². The third kappa shape index (κ3) is 3.82. The number of amides is 1. The van der Waals surface area contributed by atoms with E-state index in [0.717, 1.165) is 11.3 Å². The van der Waals surface area contributed by atoms with Crippen molar-refractivity contribution in [2.45, 2.75) is 26.2 Å². The number of carbonyl (C=O) groups is 1. The third-order valence-electron chi connectivity index (χ3n) is 6.15. The number of aromatic nitrogens is 3. The monoisotopic (exact) mass is 475 g/mol. The van der Waals surface area contributed by atoms with Crippen LogP contribution in [0.5, 0.6) is 11.6 Å². The summed E-state index contributed by atoms with van der Waals surface area (Å²) in [5.41, 5.74) is 4.44. The molecule has 8 nitrogen and oxygen atoms in total. The summed E-state index contributed by atoms with van der Waals surface area (Å²) in [6.07, 6.45) is 1.69. The Balaban J connectivity index is 1.79. The van der Waals surface area contributed by atoms with Gasteiger partial charge in [0.05, 0.1) is 41.9 Å². The minimum absolute atomic E-state index is 0.0558. The van der Waals surface area contributed by atoms with E-state index in [1.165, 1.54) is 13.2 Å². The minimum atomic E-state index is -0.509. The van der Waals surface area contributed by atoms with Crippen molar-refractivity contribution in [2.24, 2.45) is 0 Å². The number of rotatable bonds is 6. The molecule has 0 unspecified atom stereocenters. The van der Waals surface area contributed by atoms with E-state index in [9.17, 15) is 9.18 Å². The lowest BCUT2D eigenvalue weighted by Gasteiger charge is -2.30. The molecule has 5 rings (SSSR count). The van der Waals surface area contributed by atoms with Crippen molar-refractivity contribution in [3.8, 4) is 22.9 Å². The molecule has 180 valence electrons. The molecule has 4 aromatic rings. The Kier molecular flexibility index (Phi) is 5.55. The van der Waals surface area contributed by atoms with E-state index in [2.05, 4.69) is 25.6 Å². The van der Waals surface area contributed by atoms with Gasteiger partial charge in [0.15, 0.2) is 11.6 Å². The van der Waals surface area contributed by atoms with Crippen molar-refractivity contribution in [3.63, 3.8) is 0 Å². The Morgan fingerprint density at radius 3 is 2.80 bits per heavy atom. The molecule has 0 fully saturated rings. The maximum atomic E-state index is 14.5. The minimum Gasteiger partial charge on any atom is -0.492 e. The fourth-order valence-electron chi connectivity index (χ4n) is 4.43. The van der Waals surface area contributed by atoms with Gasteiger partial charge >= 0.3 is 0 Å². The van der Waals surface area contributed by atoms with Crippen LogP contribution < -0.4 is 20.1 Å². The molecule has 0 aliphatic carbocycles. The molecule has 1 amide bonds. The van der Waals surface area contributed by atoms with Crippen LogP contribution in [-0.2, 0) is 5.41 Å². The van der Waals surface area contributed by atoms with Gasteiger partial charge in [-0.15, -0.1) is 0 Å². The number of halogens is 1. The van der Waals surface area contributed by atoms with Gasteiger partial charge < -0.3 is 25.1 Å². The molecule has 0 saturated carbocycles. The highest BCUT2D eigenvalue weighted by Crippen LogP contribution is 2.44. The standard InChI is InChI=1S/C26H26FN5O3/c1-5-35-18-10-9-16-20(31-18)14(11-12-28-16)21-22(30-17-8-6-7-15(27)23(17)34-4)19-24(32-21)26(2,3)13-29-25(19)33/h6-12,30,32H,5,13H2,1-4H3,(H,29,33). The second-order valence-electron chi connectivity index (χ2n) is 8.95. The first-order chi connectivity index (χ1) is 16.8. The van der Waals surface area contributed by atoms with Crippen LogP contribution in [0.15, 0.2) is 42.6 Å². The molecule has 9 heteroatoms. The van der Waals surface area contributed by atoms with E-state index in [1.807, 2.05) is 32.9 Å². The second-order valence-corrected chi connectivity index (χ2v) is 8.95. The number of ether oxygens (including phenoxy) is 2. The number of pyridine rings is 2. The van der Waals surface area contributed by atoms with Crippen LogP contribution in [0.4, 0.5) is 15.8 Å². The van der Waals surface area contributed by atoms with Gasteiger partial charge in [-0.05, 0) is 31.2 Å². The van der Waals surface area contributed by atoms with Crippen LogP contribution in [-0.4, -0.2) is 41.1 Å². The Morgan fingerprint density at radius 2 is 2.03 bits per heavy atom. The molecule has 0 bridgehead atoms. The number of methoxy groups -OCH3 is 1. The van der Waals surface area contributed by atoms with E-state index in [-0.39, 0.29) is 17.1 Å². The topological polar surface area (TPSA) is 101 Å². The number of nitrogens with zero attached hydrogens (tertiary/aromatic N) is 2. The molecular formula is C26H26FN5O3. The average Bonchev–Trinajstić information content (AvgIpc) is 3.22. The molecule has 0 saturated heterocycles. The maximum Gasteiger partial charge on any atom is 0.255 e. The van der Waals surface area contributed by atoms with Gasteiger partial charge in [0.2, 0.25) is 5.88 Å². The van der Waals surface area contributed by atoms with Gasteiger partial charge in [-0.2, -0.15) is 0 Å². The molecule has 0 atom stereocenters. The van der Waals surface area contributed by atoms with Gasteiger partial charge in [0.25, 0.3) is 5.91 Å². The Labute approximate surface area is 201 Å². The molecule has 0 radical (unpaired) electrons. The molecule has 3 N–H and O–H groups in total. The van der Waals surface area contributed by atoms with E-state index in [1.54, 1.807) is 24.4 Å². The number of nitrogens with one attached hydrogen (secondary N) is 3. The van der Waals surface area contributed by atoms with Crippen LogP contribution in [0.3, 0.4) is 0 Å². The molecule has 1 aromatic carbocycles. The number of hydrogen-bond acceptors (Lipinski definition) is 6. The van der Waals surface area contributed by atoms with E-state index in [0.29, 0.717) is 52.7 Å². The molecule has 1 aliphatic rings. The summed E-state index contributed by atoms with van der Waals surface area (Å²) in [6.45, 7) is 6.95. The second kappa shape index (κ2) is 8.57. The van der Waals surface area contributed by atoms with Crippen LogP contribution >= 0.6 is 0 Å². The van der Waals surface area contributed by atoms with Crippen molar-refractivity contribution < 1.29 is 18.7 Å². The summed E-state index contributed by atoms with van der Waals surface area (Å²) in [5, 5.41) is 6.25. The van der Waals surface area contributed by atoms with Gasteiger partial charge in [-0.25, -0.2) is 9.37 Å². The average molecular weight is 476 g/mol. The summed E-state index contributed by atoms with van der Waals surface area (Å²) in [4.78, 5) is 25.7. The van der Waals surface area contributed by atoms with Crippen LogP contribution in [0.2, 0.25) is 0 Å². The van der Waals surface area contributed by atoms with Crippen LogP contribution in [0.25, 0.3) is 22.3 Å². The number of fused-ring (bicyclic) bond motifs is 2. The quantitative estimate of drug-likeness (QED) is 0.365. The largest absolute Gasteiger partial charge is 0.492 e. The molecule has 35 heavy (non-hydrogen) atoms. The Morgan fingerprint density at radius 1 is 1.20 bits per heavy atom. The zero-order valence-electron chi connectivity index (χ0n) is 20.0. The van der Waals surface area contributed by atoms with Gasteiger partial charge in [0, 0.05) is 35.5 Å². The first kappa shape index (κ1) is 22.6. The van der Waals surface area contributed by atoms with Crippen LogP contribution in [0, 0.1) is 5.82 Å². The molecule has 3 aromatic heterocycles. The molecular weight excluding hydrogens is 449 g/mol. The van der Waals surface area contributed by atoms with Crippen LogP contribution in [0.1, 0.15) is 36.8 Å². The highest BCUT2D eigenvalue weighted by Gasteiger charge is 2.38. The fourth-order valence-corrected chi connectivity index (χ4v) is 4.43. The summed E-state index contributed by atoms with van der Waals surface area (Å²) in [6, 6.07) is 10.1. The number of H-pyrrole nitrogens is 1. The normalized spacial score (nSPS) is 14.4. The SMILES string of the molecule is CCOc1ccc2nccc(-c3[nH]c4c(c3Nc3cccc(F)c3OC)C(=O)NCC4(C)C)c2n1. The zero-order chi connectivity index (χ0) is 24.7. The number of carbonyl (C=O) groups excluding carboxylic acids is 1. The lowest BCUT2D eigenvalue weighted by molar-refractivity contribution is 0.0930. The highest BCUT2D eigenvalue weighted by molar-refractivity contribution is 6.08. The fraction of sp³-hybridized carbons (Fsp3) is 0.269. The number of aromatic amines is 1. The highest BCUT2D eigenvalue weighted by atomic mass is 19.1. The molecule has 0 spiro atoms. The lowest BCUT2D eigenvalue weighted by atomic mass is 9.83. The van der Waals surface area contributed by atoms with Crippen molar-refractivity contribution >= 4 is 28.3 Å². The zero-order valence-corrected chi connectivity index (χ0v) is 20.0. The smallest absolute Gasteiger partial charge is 0.255 e. The van der Waals surface area contributed by atoms with E-state index < -0.39 is 5.82 Å². The van der Waals surface area contributed by atoms with E-state index in [4.69, 9.17) is 9.47 Å². The van der Waals surface area contributed by atoms with Gasteiger partial charge in [-0.3, -0.25) is 9.78 Å². The summed E-state index contributed by atoms with van der Waals surface area (Å²) >= 11 is 0. The summed E-state index contributed by atoms with van der Waals surface area (Å²) in [7, 11) is 1.41. The lowest BCUT2D eigenvalue weighted by Crippen LogP contribution is -2.43. The van der Waals surface area contributed by atoms with Gasteiger partial charge in [-0.1, -0.05) is 19.9 Å². The molecule has 4 heterocycles. The summed E-state index contributed by atoms with van der Waals surface area (Å²) in [5.74, 6) is -0.197.